The van der Waals surface area contributed by atoms with Crippen molar-refractivity contribution in [3.8, 4) is 0 Å². The second kappa shape index (κ2) is 6.08. The van der Waals surface area contributed by atoms with E-state index in [9.17, 15) is 4.39 Å². The molecule has 0 saturated heterocycles. The van der Waals surface area contributed by atoms with Crippen molar-refractivity contribution in [2.24, 2.45) is 5.92 Å². The van der Waals surface area contributed by atoms with Crippen molar-refractivity contribution >= 4 is 33.2 Å². The first-order chi connectivity index (χ1) is 13.6. The summed E-state index contributed by atoms with van der Waals surface area (Å²) in [4.78, 5) is 1.43. The van der Waals surface area contributed by atoms with Gasteiger partial charge in [0.1, 0.15) is 5.82 Å². The molecule has 2 heterocycles. The molecule has 140 valence electrons. The van der Waals surface area contributed by atoms with Crippen LogP contribution in [0.4, 0.5) is 4.39 Å². The fourth-order valence-electron chi connectivity index (χ4n) is 5.28. The number of allylic oxidation sites excluding steroid dienone is 2. The van der Waals surface area contributed by atoms with Crippen LogP contribution in [-0.2, 0) is 12.8 Å². The van der Waals surface area contributed by atoms with Crippen LogP contribution >= 0.6 is 23.1 Å². The van der Waals surface area contributed by atoms with E-state index in [0.29, 0.717) is 17.8 Å². The third-order valence-corrected chi connectivity index (χ3v) is 9.14. The second-order valence-corrected chi connectivity index (χ2v) is 10.9. The van der Waals surface area contributed by atoms with Crippen molar-refractivity contribution in [2.45, 2.75) is 36.3 Å². The zero-order valence-electron chi connectivity index (χ0n) is 15.7. The highest BCUT2D eigenvalue weighted by Crippen LogP contribution is 2.63. The second-order valence-electron chi connectivity index (χ2n) is 8.39. The minimum Gasteiger partial charge on any atom is -0.207 e. The summed E-state index contributed by atoms with van der Waals surface area (Å²) < 4.78 is 14.8. The Hall–Kier alpha value is -1.84. The predicted octanol–water partition coefficient (Wildman–Crippen LogP) is 7.21. The molecule has 3 heteroatoms. The molecule has 4 atom stereocenters. The van der Waals surface area contributed by atoms with E-state index in [1.165, 1.54) is 20.5 Å². The predicted molar refractivity (Wildman–Crippen MR) is 119 cm³/mol. The van der Waals surface area contributed by atoms with Crippen LogP contribution in [0.1, 0.15) is 40.3 Å². The molecule has 3 aliphatic rings. The Bertz CT molecular complexity index is 1140. The standard InChI is InChI=1S/C25H21FS2/c1-25-12-10-19-23-18(24(19)21(25)11-13-27-25)8-9-22-20(23)14-17(28-22)7-4-15-2-5-16(26)6-3-15/h2-3,5-6,8-14,19,21,24H,4,7H2,1H3. The van der Waals surface area contributed by atoms with E-state index in [2.05, 4.69) is 48.8 Å². The Morgan fingerprint density at radius 3 is 2.75 bits per heavy atom. The van der Waals surface area contributed by atoms with Crippen molar-refractivity contribution in [3.63, 3.8) is 0 Å². The molecule has 0 saturated carbocycles. The van der Waals surface area contributed by atoms with Gasteiger partial charge in [-0.2, -0.15) is 0 Å². The van der Waals surface area contributed by atoms with Crippen LogP contribution in [0.25, 0.3) is 10.1 Å². The average molecular weight is 405 g/mol. The zero-order valence-corrected chi connectivity index (χ0v) is 17.3. The summed E-state index contributed by atoms with van der Waals surface area (Å²) in [6, 6.07) is 14.0. The van der Waals surface area contributed by atoms with Gasteiger partial charge >= 0.3 is 0 Å². The van der Waals surface area contributed by atoms with Gasteiger partial charge in [-0.25, -0.2) is 4.39 Å². The molecule has 1 aromatic heterocycles. The highest BCUT2D eigenvalue weighted by molar-refractivity contribution is 8.03. The largest absolute Gasteiger partial charge is 0.207 e. The van der Waals surface area contributed by atoms with Gasteiger partial charge in [0.25, 0.3) is 0 Å². The molecule has 2 aromatic carbocycles. The maximum Gasteiger partial charge on any atom is 0.123 e. The van der Waals surface area contributed by atoms with E-state index in [0.717, 1.165) is 12.8 Å². The minimum atomic E-state index is -0.161. The Morgan fingerprint density at radius 2 is 1.89 bits per heavy atom. The SMILES string of the molecule is CC12C=CC3c4c(ccc5sc(CCc6ccc(F)cc6)cc45)C3C1C=CS2. The average Bonchev–Trinajstić information content (AvgIpc) is 3.25. The summed E-state index contributed by atoms with van der Waals surface area (Å²) in [6.07, 6.45) is 9.33. The molecule has 0 N–H and O–H groups in total. The van der Waals surface area contributed by atoms with E-state index >= 15 is 0 Å². The molecule has 0 nitrogen and oxygen atoms in total. The molecule has 28 heavy (non-hydrogen) atoms. The van der Waals surface area contributed by atoms with E-state index < -0.39 is 0 Å². The van der Waals surface area contributed by atoms with E-state index in [-0.39, 0.29) is 10.6 Å². The summed E-state index contributed by atoms with van der Waals surface area (Å²) in [7, 11) is 0. The van der Waals surface area contributed by atoms with Crippen LogP contribution in [0.2, 0.25) is 0 Å². The van der Waals surface area contributed by atoms with Crippen molar-refractivity contribution in [2.75, 3.05) is 0 Å². The van der Waals surface area contributed by atoms with Gasteiger partial charge in [0.2, 0.25) is 0 Å². The number of hydrogen-bond donors (Lipinski definition) is 0. The molecule has 0 fully saturated rings. The van der Waals surface area contributed by atoms with Crippen molar-refractivity contribution in [3.05, 3.63) is 93.5 Å². The fraction of sp³-hybridized carbons (Fsp3) is 0.280. The Kier molecular flexibility index (Phi) is 3.70. The van der Waals surface area contributed by atoms with Gasteiger partial charge in [0.15, 0.2) is 0 Å². The highest BCUT2D eigenvalue weighted by atomic mass is 32.2. The number of rotatable bonds is 3. The van der Waals surface area contributed by atoms with Gasteiger partial charge < -0.3 is 0 Å². The molecular formula is C25H21FS2. The smallest absolute Gasteiger partial charge is 0.123 e. The third-order valence-electron chi connectivity index (χ3n) is 6.77. The van der Waals surface area contributed by atoms with Gasteiger partial charge in [-0.1, -0.05) is 36.4 Å². The van der Waals surface area contributed by atoms with Gasteiger partial charge in [-0.15, -0.1) is 23.1 Å². The van der Waals surface area contributed by atoms with Crippen LogP contribution < -0.4 is 0 Å². The lowest BCUT2D eigenvalue weighted by Crippen LogP contribution is -2.40. The van der Waals surface area contributed by atoms with E-state index in [1.54, 1.807) is 23.3 Å². The van der Waals surface area contributed by atoms with Crippen LogP contribution in [0.3, 0.4) is 0 Å². The summed E-state index contributed by atoms with van der Waals surface area (Å²) in [6.45, 7) is 2.38. The highest BCUT2D eigenvalue weighted by Gasteiger charge is 2.51. The number of halogens is 1. The fourth-order valence-corrected chi connectivity index (χ4v) is 7.44. The normalized spacial score (nSPS) is 29.4. The minimum absolute atomic E-state index is 0.161. The summed E-state index contributed by atoms with van der Waals surface area (Å²) in [5.74, 6) is 1.67. The first-order valence-electron chi connectivity index (χ1n) is 9.96. The van der Waals surface area contributed by atoms with E-state index in [4.69, 9.17) is 0 Å². The van der Waals surface area contributed by atoms with Gasteiger partial charge in [0, 0.05) is 32.1 Å². The lowest BCUT2D eigenvalue weighted by atomic mass is 9.56. The number of thiophene rings is 1. The van der Waals surface area contributed by atoms with Gasteiger partial charge in [0.05, 0.1) is 0 Å². The lowest BCUT2D eigenvalue weighted by molar-refractivity contribution is 0.367. The van der Waals surface area contributed by atoms with Crippen molar-refractivity contribution in [1.29, 1.82) is 0 Å². The summed E-state index contributed by atoms with van der Waals surface area (Å²) in [5, 5.41) is 3.76. The maximum absolute atomic E-state index is 13.1. The molecule has 2 aliphatic carbocycles. The first-order valence-corrected chi connectivity index (χ1v) is 11.7. The summed E-state index contributed by atoms with van der Waals surface area (Å²) in [5.41, 5.74) is 4.33. The monoisotopic (exact) mass is 404 g/mol. The van der Waals surface area contributed by atoms with Crippen LogP contribution in [0.15, 0.2) is 66.1 Å². The molecule has 0 bridgehead atoms. The van der Waals surface area contributed by atoms with Crippen molar-refractivity contribution < 1.29 is 4.39 Å². The van der Waals surface area contributed by atoms with E-state index in [1.807, 2.05) is 35.2 Å². The van der Waals surface area contributed by atoms with Crippen LogP contribution in [0, 0.1) is 11.7 Å². The molecule has 6 rings (SSSR count). The first kappa shape index (κ1) is 17.1. The number of thioether (sulfide) groups is 1. The molecule has 1 aliphatic heterocycles. The quantitative estimate of drug-likeness (QED) is 0.416. The van der Waals surface area contributed by atoms with Crippen molar-refractivity contribution in [1.82, 2.24) is 0 Å². The molecule has 0 spiro atoms. The van der Waals surface area contributed by atoms with Crippen LogP contribution in [0.5, 0.6) is 0 Å². The maximum atomic E-state index is 13.1. The molecule has 4 unspecified atom stereocenters. The number of fused-ring (bicyclic) bond motifs is 8. The molecule has 0 amide bonds. The lowest BCUT2D eigenvalue weighted by Gasteiger charge is -2.49. The summed E-state index contributed by atoms with van der Waals surface area (Å²) >= 11 is 3.89. The topological polar surface area (TPSA) is 0 Å². The number of aryl methyl sites for hydroxylation is 2. The molecular weight excluding hydrogens is 383 g/mol. The Morgan fingerprint density at radius 1 is 1.04 bits per heavy atom. The van der Waals surface area contributed by atoms with Gasteiger partial charge in [-0.3, -0.25) is 0 Å². The Balaban J connectivity index is 1.32. The molecule has 3 aromatic rings. The Labute approximate surface area is 173 Å². The zero-order chi connectivity index (χ0) is 18.9. The number of benzene rings is 2. The molecule has 0 radical (unpaired) electrons. The van der Waals surface area contributed by atoms with Crippen LogP contribution in [-0.4, -0.2) is 4.75 Å². The number of hydrogen-bond acceptors (Lipinski definition) is 2. The van der Waals surface area contributed by atoms with Gasteiger partial charge in [-0.05, 0) is 71.5 Å². The third kappa shape index (κ3) is 2.42.